The summed E-state index contributed by atoms with van der Waals surface area (Å²) in [6.07, 6.45) is -14.2. The lowest BCUT2D eigenvalue weighted by Crippen LogP contribution is -2.48. The third-order valence-corrected chi connectivity index (χ3v) is 1.59. The molecule has 1 aliphatic rings. The zero-order valence-corrected chi connectivity index (χ0v) is 6.95. The first-order valence-electron chi connectivity index (χ1n) is 3.68. The molecular formula is C6H5F7O2. The van der Waals surface area contributed by atoms with Crippen molar-refractivity contribution in [3.63, 3.8) is 0 Å². The number of alkyl halides is 7. The Labute approximate surface area is 78.9 Å². The molecule has 0 radical (unpaired) electrons. The number of halogens is 7. The highest BCUT2D eigenvalue weighted by Crippen LogP contribution is 2.44. The fourth-order valence-corrected chi connectivity index (χ4v) is 0.877. The first kappa shape index (κ1) is 12.5. The molecule has 0 aromatic carbocycles. The molecule has 1 aliphatic heterocycles. The number of ether oxygens (including phenoxy) is 2. The van der Waals surface area contributed by atoms with Crippen molar-refractivity contribution in [2.45, 2.75) is 30.9 Å². The largest absolute Gasteiger partial charge is 0.525 e. The van der Waals surface area contributed by atoms with Crippen LogP contribution in [0.2, 0.25) is 0 Å². The Morgan fingerprint density at radius 1 is 1.07 bits per heavy atom. The van der Waals surface area contributed by atoms with Crippen molar-refractivity contribution in [2.24, 2.45) is 0 Å². The maximum absolute atomic E-state index is 12.9. The van der Waals surface area contributed by atoms with Gasteiger partial charge in [-0.1, -0.05) is 0 Å². The molecule has 1 fully saturated rings. The normalized spacial score (nSPS) is 26.2. The highest BCUT2D eigenvalue weighted by Gasteiger charge is 2.64. The van der Waals surface area contributed by atoms with Crippen LogP contribution in [0.1, 0.15) is 6.42 Å². The van der Waals surface area contributed by atoms with Crippen molar-refractivity contribution < 1.29 is 40.2 Å². The van der Waals surface area contributed by atoms with Crippen LogP contribution in [0, 0.1) is 0 Å². The van der Waals surface area contributed by atoms with Crippen molar-refractivity contribution in [1.82, 2.24) is 0 Å². The minimum absolute atomic E-state index is 0.205. The third kappa shape index (κ3) is 3.49. The predicted octanol–water partition coefficient (Wildman–Crippen LogP) is 2.54. The van der Waals surface area contributed by atoms with E-state index < -0.39 is 30.9 Å². The molecule has 1 saturated heterocycles. The molecule has 0 amide bonds. The van der Waals surface area contributed by atoms with Crippen LogP contribution in [0.4, 0.5) is 30.7 Å². The van der Waals surface area contributed by atoms with Crippen molar-refractivity contribution in [1.29, 1.82) is 0 Å². The van der Waals surface area contributed by atoms with Crippen molar-refractivity contribution in [3.8, 4) is 0 Å². The van der Waals surface area contributed by atoms with E-state index in [2.05, 4.69) is 9.47 Å². The van der Waals surface area contributed by atoms with Gasteiger partial charge in [0.1, 0.15) is 0 Å². The molecule has 1 rings (SSSR count). The second-order valence-corrected chi connectivity index (χ2v) is 2.93. The van der Waals surface area contributed by atoms with Crippen LogP contribution in [0.15, 0.2) is 0 Å². The third-order valence-electron chi connectivity index (χ3n) is 1.59. The van der Waals surface area contributed by atoms with E-state index in [1.807, 2.05) is 0 Å². The van der Waals surface area contributed by atoms with Gasteiger partial charge in [-0.2, -0.15) is 13.2 Å². The van der Waals surface area contributed by atoms with E-state index in [1.165, 1.54) is 0 Å². The summed E-state index contributed by atoms with van der Waals surface area (Å²) in [5.74, 6) is -4.74. The SMILES string of the molecule is FC(F)(F)O[C@](F)(C[C@@H]1CO1)C(F)(F)F. The monoisotopic (exact) mass is 242 g/mol. The Bertz CT molecular complexity index is 231. The Morgan fingerprint density at radius 2 is 1.53 bits per heavy atom. The van der Waals surface area contributed by atoms with Gasteiger partial charge >= 0.3 is 18.4 Å². The van der Waals surface area contributed by atoms with Gasteiger partial charge in [-0.15, -0.1) is 13.2 Å². The van der Waals surface area contributed by atoms with Gasteiger partial charge < -0.3 is 4.74 Å². The molecule has 0 aliphatic carbocycles. The first-order chi connectivity index (χ1) is 6.54. The lowest BCUT2D eigenvalue weighted by atomic mass is 10.1. The predicted molar refractivity (Wildman–Crippen MR) is 31.4 cm³/mol. The summed E-state index contributed by atoms with van der Waals surface area (Å²) < 4.78 is 90.2. The molecule has 0 bridgehead atoms. The molecule has 2 nitrogen and oxygen atoms in total. The van der Waals surface area contributed by atoms with E-state index in [4.69, 9.17) is 0 Å². The number of hydrogen-bond donors (Lipinski definition) is 0. The molecule has 0 spiro atoms. The minimum Gasteiger partial charge on any atom is -0.373 e. The van der Waals surface area contributed by atoms with Crippen LogP contribution in [0.5, 0.6) is 0 Å². The molecule has 0 unspecified atom stereocenters. The molecule has 90 valence electrons. The van der Waals surface area contributed by atoms with Gasteiger partial charge in [-0.25, -0.2) is 9.13 Å². The van der Waals surface area contributed by atoms with Crippen molar-refractivity contribution >= 4 is 0 Å². The van der Waals surface area contributed by atoms with Gasteiger partial charge in [0.05, 0.1) is 12.7 Å². The van der Waals surface area contributed by atoms with Gasteiger partial charge in [0.25, 0.3) is 0 Å². The van der Waals surface area contributed by atoms with Gasteiger partial charge in [-0.3, -0.25) is 0 Å². The van der Waals surface area contributed by atoms with Gasteiger partial charge in [-0.05, 0) is 0 Å². The van der Waals surface area contributed by atoms with Crippen LogP contribution < -0.4 is 0 Å². The molecule has 9 heteroatoms. The Morgan fingerprint density at radius 3 is 1.80 bits per heavy atom. The van der Waals surface area contributed by atoms with E-state index in [9.17, 15) is 30.7 Å². The van der Waals surface area contributed by atoms with Crippen LogP contribution in [-0.4, -0.2) is 31.1 Å². The summed E-state index contributed by atoms with van der Waals surface area (Å²) in [6, 6.07) is 0. The molecule has 0 aromatic rings. The number of hydrogen-bond acceptors (Lipinski definition) is 2. The lowest BCUT2D eigenvalue weighted by Gasteiger charge is -2.27. The topological polar surface area (TPSA) is 21.8 Å². The highest BCUT2D eigenvalue weighted by atomic mass is 19.4. The fraction of sp³-hybridized carbons (Fsp3) is 1.00. The van der Waals surface area contributed by atoms with Gasteiger partial charge in [0.15, 0.2) is 0 Å². The smallest absolute Gasteiger partial charge is 0.373 e. The molecule has 0 aromatic heterocycles. The number of epoxide rings is 1. The molecule has 0 saturated carbocycles. The first-order valence-corrected chi connectivity index (χ1v) is 3.68. The lowest BCUT2D eigenvalue weighted by molar-refractivity contribution is -0.449. The fourth-order valence-electron chi connectivity index (χ4n) is 0.877. The molecule has 15 heavy (non-hydrogen) atoms. The molecule has 1 heterocycles. The van der Waals surface area contributed by atoms with Crippen molar-refractivity contribution in [2.75, 3.05) is 6.61 Å². The van der Waals surface area contributed by atoms with Crippen LogP contribution in [-0.2, 0) is 9.47 Å². The quantitative estimate of drug-likeness (QED) is 0.560. The standard InChI is InChI=1S/C6H5F7O2/c7-4(5(8,9)10,1-3-2-14-3)15-6(11,12)13/h3H,1-2H2/t3-,4-/m1/s1. The zero-order valence-electron chi connectivity index (χ0n) is 6.95. The summed E-state index contributed by atoms with van der Waals surface area (Å²) in [5.41, 5.74) is 0. The second kappa shape index (κ2) is 3.48. The second-order valence-electron chi connectivity index (χ2n) is 2.93. The van der Waals surface area contributed by atoms with E-state index in [0.717, 1.165) is 0 Å². The Kier molecular flexibility index (Phi) is 2.90. The Balaban J connectivity index is 2.75. The summed E-state index contributed by atoms with van der Waals surface area (Å²) in [6.45, 7) is -0.205. The van der Waals surface area contributed by atoms with Crippen LogP contribution in [0.3, 0.4) is 0 Å². The van der Waals surface area contributed by atoms with E-state index >= 15 is 0 Å². The summed E-state index contributed by atoms with van der Waals surface area (Å²) >= 11 is 0. The Hall–Kier alpha value is -0.570. The van der Waals surface area contributed by atoms with Crippen LogP contribution in [0.25, 0.3) is 0 Å². The molecule has 0 N–H and O–H groups in total. The zero-order chi connectivity index (χ0) is 11.9. The van der Waals surface area contributed by atoms with Gasteiger partial charge in [0, 0.05) is 6.42 Å². The number of rotatable bonds is 3. The van der Waals surface area contributed by atoms with E-state index in [-0.39, 0.29) is 6.61 Å². The molecular weight excluding hydrogens is 237 g/mol. The summed E-state index contributed by atoms with van der Waals surface area (Å²) in [5, 5.41) is 0. The maximum atomic E-state index is 12.9. The summed E-state index contributed by atoms with van der Waals surface area (Å²) in [4.78, 5) is 0. The van der Waals surface area contributed by atoms with Crippen molar-refractivity contribution in [3.05, 3.63) is 0 Å². The van der Waals surface area contributed by atoms with Crippen LogP contribution >= 0.6 is 0 Å². The average Bonchev–Trinajstić information content (AvgIpc) is 2.63. The molecule has 2 atom stereocenters. The van der Waals surface area contributed by atoms with E-state index in [0.29, 0.717) is 0 Å². The summed E-state index contributed by atoms with van der Waals surface area (Å²) in [7, 11) is 0. The van der Waals surface area contributed by atoms with E-state index in [1.54, 1.807) is 0 Å². The van der Waals surface area contributed by atoms with Gasteiger partial charge in [0.2, 0.25) is 0 Å². The maximum Gasteiger partial charge on any atom is 0.525 e. The minimum atomic E-state index is -5.76. The highest BCUT2D eigenvalue weighted by molar-refractivity contribution is 4.85. The average molecular weight is 242 g/mol.